The first-order chi connectivity index (χ1) is 8.31. The van der Waals surface area contributed by atoms with Crippen LogP contribution >= 0.6 is 24.0 Å². The van der Waals surface area contributed by atoms with Gasteiger partial charge in [-0.15, -0.1) is 24.0 Å². The molecule has 1 fully saturated rings. The molecular weight excluding hydrogens is 271 g/mol. The lowest BCUT2D eigenvalue weighted by atomic mass is 10.1. The smallest absolute Gasteiger partial charge is 0.122 e. The minimum atomic E-state index is 0. The standard InChI is InChI=1S/C13H19ClN2O.ClH/c1-17-12-5-3-2-4-11(12)10-13(14)16-8-6-15-7-9-16;/h2-5,13,15H,6-10H2,1H3;1H. The summed E-state index contributed by atoms with van der Waals surface area (Å²) in [6, 6.07) is 8.07. The Morgan fingerprint density at radius 2 is 2.00 bits per heavy atom. The maximum Gasteiger partial charge on any atom is 0.122 e. The van der Waals surface area contributed by atoms with Crippen molar-refractivity contribution in [2.24, 2.45) is 0 Å². The van der Waals surface area contributed by atoms with E-state index in [9.17, 15) is 0 Å². The number of nitrogens with one attached hydrogen (secondary N) is 1. The van der Waals surface area contributed by atoms with Crippen LogP contribution in [0.25, 0.3) is 0 Å². The van der Waals surface area contributed by atoms with E-state index in [1.807, 2.05) is 18.2 Å². The molecule has 5 heteroatoms. The average Bonchev–Trinajstić information content (AvgIpc) is 2.40. The molecule has 1 aromatic rings. The van der Waals surface area contributed by atoms with Gasteiger partial charge >= 0.3 is 0 Å². The molecule has 0 saturated carbocycles. The molecular formula is C13H20Cl2N2O. The monoisotopic (exact) mass is 290 g/mol. The topological polar surface area (TPSA) is 24.5 Å². The molecule has 0 radical (unpaired) electrons. The second-order valence-corrected chi connectivity index (χ2v) is 4.74. The van der Waals surface area contributed by atoms with Gasteiger partial charge in [-0.1, -0.05) is 18.2 Å². The second-order valence-electron chi connectivity index (χ2n) is 4.24. The highest BCUT2D eigenvalue weighted by atomic mass is 35.5. The molecule has 3 nitrogen and oxygen atoms in total. The van der Waals surface area contributed by atoms with Crippen molar-refractivity contribution in [3.05, 3.63) is 29.8 Å². The molecule has 0 aromatic heterocycles. The number of rotatable bonds is 4. The minimum absolute atomic E-state index is 0. The SMILES string of the molecule is COc1ccccc1CC(Cl)N1CCNCC1.Cl. The van der Waals surface area contributed by atoms with E-state index in [1.54, 1.807) is 7.11 Å². The number of nitrogens with zero attached hydrogens (tertiary/aromatic N) is 1. The number of halogens is 2. The summed E-state index contributed by atoms with van der Waals surface area (Å²) in [6.45, 7) is 4.08. The number of ether oxygens (including phenoxy) is 1. The number of alkyl halides is 1. The zero-order valence-electron chi connectivity index (χ0n) is 10.6. The summed E-state index contributed by atoms with van der Waals surface area (Å²) in [5.74, 6) is 0.924. The number of methoxy groups -OCH3 is 1. The molecule has 0 aliphatic carbocycles. The molecule has 1 atom stereocenters. The summed E-state index contributed by atoms with van der Waals surface area (Å²) in [6.07, 6.45) is 0.825. The lowest BCUT2D eigenvalue weighted by Crippen LogP contribution is -2.47. The van der Waals surface area contributed by atoms with Crippen molar-refractivity contribution in [3.8, 4) is 5.75 Å². The summed E-state index contributed by atoms with van der Waals surface area (Å²) in [5, 5.41) is 3.33. The van der Waals surface area contributed by atoms with Crippen molar-refractivity contribution in [2.45, 2.75) is 11.9 Å². The molecule has 0 bridgehead atoms. The molecule has 0 spiro atoms. The maximum absolute atomic E-state index is 6.47. The normalized spacial score (nSPS) is 17.9. The molecule has 1 saturated heterocycles. The third kappa shape index (κ3) is 4.02. The van der Waals surface area contributed by atoms with Gasteiger partial charge in [0.05, 0.1) is 12.6 Å². The van der Waals surface area contributed by atoms with Crippen LogP contribution in [0.2, 0.25) is 0 Å². The minimum Gasteiger partial charge on any atom is -0.496 e. The van der Waals surface area contributed by atoms with E-state index in [0.717, 1.165) is 38.3 Å². The first kappa shape index (κ1) is 15.6. The molecule has 1 aliphatic heterocycles. The number of hydrogen-bond acceptors (Lipinski definition) is 3. The Hall–Kier alpha value is -0.480. The van der Waals surface area contributed by atoms with Crippen molar-refractivity contribution in [2.75, 3.05) is 33.3 Å². The number of piperazine rings is 1. The van der Waals surface area contributed by atoms with E-state index in [1.165, 1.54) is 5.56 Å². The van der Waals surface area contributed by atoms with Crippen LogP contribution in [0, 0.1) is 0 Å². The lowest BCUT2D eigenvalue weighted by molar-refractivity contribution is 0.219. The van der Waals surface area contributed by atoms with E-state index >= 15 is 0 Å². The van der Waals surface area contributed by atoms with Crippen LogP contribution < -0.4 is 10.1 Å². The van der Waals surface area contributed by atoms with Crippen molar-refractivity contribution < 1.29 is 4.74 Å². The van der Waals surface area contributed by atoms with Gasteiger partial charge in [0, 0.05) is 32.6 Å². The molecule has 1 aliphatic rings. The van der Waals surface area contributed by atoms with Crippen molar-refractivity contribution >= 4 is 24.0 Å². The van der Waals surface area contributed by atoms with Crippen LogP contribution in [-0.4, -0.2) is 43.7 Å². The molecule has 1 aromatic carbocycles. The Morgan fingerprint density at radius 3 is 2.67 bits per heavy atom. The molecule has 2 rings (SSSR count). The van der Waals surface area contributed by atoms with Crippen LogP contribution in [0.3, 0.4) is 0 Å². The summed E-state index contributed by atoms with van der Waals surface area (Å²) < 4.78 is 5.34. The highest BCUT2D eigenvalue weighted by Crippen LogP contribution is 2.22. The molecule has 102 valence electrons. The molecule has 18 heavy (non-hydrogen) atoms. The average molecular weight is 291 g/mol. The van der Waals surface area contributed by atoms with E-state index < -0.39 is 0 Å². The van der Waals surface area contributed by atoms with E-state index in [0.29, 0.717) is 0 Å². The highest BCUT2D eigenvalue weighted by Gasteiger charge is 2.19. The van der Waals surface area contributed by atoms with Crippen LogP contribution in [0.15, 0.2) is 24.3 Å². The van der Waals surface area contributed by atoms with Crippen LogP contribution in [-0.2, 0) is 6.42 Å². The Balaban J connectivity index is 0.00000162. The van der Waals surface area contributed by atoms with Crippen molar-refractivity contribution in [1.82, 2.24) is 10.2 Å². The van der Waals surface area contributed by atoms with Gasteiger partial charge in [-0.3, -0.25) is 4.90 Å². The van der Waals surface area contributed by atoms with Crippen LogP contribution in [0.5, 0.6) is 5.75 Å². The van der Waals surface area contributed by atoms with Crippen LogP contribution in [0.4, 0.5) is 0 Å². The Morgan fingerprint density at radius 1 is 1.33 bits per heavy atom. The first-order valence-corrected chi connectivity index (χ1v) is 6.45. The van der Waals surface area contributed by atoms with Crippen molar-refractivity contribution in [1.29, 1.82) is 0 Å². The second kappa shape index (κ2) is 7.85. The summed E-state index contributed by atoms with van der Waals surface area (Å²) >= 11 is 6.47. The van der Waals surface area contributed by atoms with Gasteiger partial charge in [0.25, 0.3) is 0 Å². The molecule has 0 amide bonds. The number of benzene rings is 1. The number of hydrogen-bond donors (Lipinski definition) is 1. The summed E-state index contributed by atoms with van der Waals surface area (Å²) in [4.78, 5) is 2.31. The van der Waals surface area contributed by atoms with Gasteiger partial charge in [0.1, 0.15) is 5.75 Å². The highest BCUT2D eigenvalue weighted by molar-refractivity contribution is 6.20. The Bertz CT molecular complexity index is 357. The van der Waals surface area contributed by atoms with Gasteiger partial charge in [0.2, 0.25) is 0 Å². The van der Waals surface area contributed by atoms with Crippen LogP contribution in [0.1, 0.15) is 5.56 Å². The van der Waals surface area contributed by atoms with Gasteiger partial charge in [0.15, 0.2) is 0 Å². The van der Waals surface area contributed by atoms with Gasteiger partial charge in [-0.05, 0) is 11.6 Å². The van der Waals surface area contributed by atoms with E-state index in [4.69, 9.17) is 16.3 Å². The third-order valence-corrected chi connectivity index (χ3v) is 3.56. The molecule has 1 unspecified atom stereocenters. The fourth-order valence-electron chi connectivity index (χ4n) is 2.14. The lowest BCUT2D eigenvalue weighted by Gasteiger charge is -2.31. The fraction of sp³-hybridized carbons (Fsp3) is 0.538. The Kier molecular flexibility index (Phi) is 6.79. The maximum atomic E-state index is 6.47. The van der Waals surface area contributed by atoms with Gasteiger partial charge in [-0.2, -0.15) is 0 Å². The zero-order valence-corrected chi connectivity index (χ0v) is 12.1. The largest absolute Gasteiger partial charge is 0.496 e. The molecule has 1 heterocycles. The van der Waals surface area contributed by atoms with Crippen molar-refractivity contribution in [3.63, 3.8) is 0 Å². The third-order valence-electron chi connectivity index (χ3n) is 3.13. The summed E-state index contributed by atoms with van der Waals surface area (Å²) in [7, 11) is 1.70. The first-order valence-electron chi connectivity index (χ1n) is 6.02. The predicted octanol–water partition coefficient (Wildman–Crippen LogP) is 2.13. The van der Waals surface area contributed by atoms with E-state index in [2.05, 4.69) is 16.3 Å². The quantitative estimate of drug-likeness (QED) is 0.679. The summed E-state index contributed by atoms with van der Waals surface area (Å²) in [5.41, 5.74) is 1.22. The predicted molar refractivity (Wildman–Crippen MR) is 78.0 cm³/mol. The van der Waals surface area contributed by atoms with Gasteiger partial charge < -0.3 is 10.1 Å². The van der Waals surface area contributed by atoms with Gasteiger partial charge in [-0.25, -0.2) is 0 Å². The zero-order chi connectivity index (χ0) is 12.1. The molecule has 1 N–H and O–H groups in total. The van der Waals surface area contributed by atoms with E-state index in [-0.39, 0.29) is 17.9 Å². The fourth-order valence-corrected chi connectivity index (χ4v) is 2.51. The number of para-hydroxylation sites is 1. The Labute approximate surface area is 120 Å².